The van der Waals surface area contributed by atoms with E-state index in [0.29, 0.717) is 11.6 Å². The van der Waals surface area contributed by atoms with Gasteiger partial charge in [0.2, 0.25) is 0 Å². The number of benzene rings is 1. The highest BCUT2D eigenvalue weighted by molar-refractivity contribution is 5.55. The van der Waals surface area contributed by atoms with Crippen molar-refractivity contribution < 1.29 is 0 Å². The average molecular weight is 215 g/mol. The van der Waals surface area contributed by atoms with Crippen LogP contribution in [-0.2, 0) is 0 Å². The van der Waals surface area contributed by atoms with Crippen molar-refractivity contribution in [3.8, 4) is 6.07 Å². The molecule has 0 spiro atoms. The highest BCUT2D eigenvalue weighted by Crippen LogP contribution is 2.17. The fourth-order valence-electron chi connectivity index (χ4n) is 2.05. The molecule has 84 valence electrons. The minimum Gasteiger partial charge on any atom is -0.383 e. The summed E-state index contributed by atoms with van der Waals surface area (Å²) in [6.45, 7) is 4.13. The Hall–Kier alpha value is -1.53. The molecule has 1 atom stereocenters. The van der Waals surface area contributed by atoms with Crippen molar-refractivity contribution in [1.29, 1.82) is 5.26 Å². The summed E-state index contributed by atoms with van der Waals surface area (Å²) >= 11 is 0. The predicted octanol–water partition coefficient (Wildman–Crippen LogP) is 2.03. The van der Waals surface area contributed by atoms with E-state index in [1.807, 2.05) is 18.2 Å². The van der Waals surface area contributed by atoms with Gasteiger partial charge in [0.05, 0.1) is 11.6 Å². The number of nitrogens with zero attached hydrogens (tertiary/aromatic N) is 1. The van der Waals surface area contributed by atoms with E-state index < -0.39 is 0 Å². The third-order valence-corrected chi connectivity index (χ3v) is 3.07. The van der Waals surface area contributed by atoms with E-state index in [1.54, 1.807) is 0 Å². The van der Waals surface area contributed by atoms with Gasteiger partial charge in [0.25, 0.3) is 0 Å². The average Bonchev–Trinajstić information content (AvgIpc) is 2.81. The first-order chi connectivity index (χ1) is 7.79. The molecule has 1 fully saturated rings. The highest BCUT2D eigenvalue weighted by Gasteiger charge is 2.13. The predicted molar refractivity (Wildman–Crippen MR) is 65.4 cm³/mol. The summed E-state index contributed by atoms with van der Waals surface area (Å²) in [5.74, 6) is 0. The zero-order valence-corrected chi connectivity index (χ0v) is 9.59. The maximum Gasteiger partial charge on any atom is 0.0992 e. The van der Waals surface area contributed by atoms with Gasteiger partial charge in [-0.1, -0.05) is 6.07 Å². The van der Waals surface area contributed by atoms with Gasteiger partial charge in [0, 0.05) is 18.3 Å². The van der Waals surface area contributed by atoms with Crippen LogP contribution in [0.1, 0.15) is 24.0 Å². The van der Waals surface area contributed by atoms with Gasteiger partial charge in [-0.05, 0) is 44.0 Å². The summed E-state index contributed by atoms with van der Waals surface area (Å²) in [6, 6.07) is 8.51. The van der Waals surface area contributed by atoms with Crippen molar-refractivity contribution in [2.24, 2.45) is 0 Å². The number of rotatable bonds is 3. The van der Waals surface area contributed by atoms with Crippen LogP contribution in [0.5, 0.6) is 0 Å². The Balaban J connectivity index is 2.00. The van der Waals surface area contributed by atoms with Crippen molar-refractivity contribution in [2.75, 3.05) is 18.4 Å². The zero-order chi connectivity index (χ0) is 11.4. The smallest absolute Gasteiger partial charge is 0.0992 e. The van der Waals surface area contributed by atoms with Gasteiger partial charge >= 0.3 is 0 Å². The summed E-state index contributed by atoms with van der Waals surface area (Å²) in [5.41, 5.74) is 2.98. The van der Waals surface area contributed by atoms with E-state index in [4.69, 9.17) is 5.26 Å². The molecular weight excluding hydrogens is 198 g/mol. The Morgan fingerprint density at radius 2 is 2.44 bits per heavy atom. The molecule has 3 heteroatoms. The number of nitriles is 1. The number of anilines is 1. The lowest BCUT2D eigenvalue weighted by Crippen LogP contribution is -2.29. The number of hydrogen-bond acceptors (Lipinski definition) is 3. The largest absolute Gasteiger partial charge is 0.383 e. The minimum absolute atomic E-state index is 0.574. The van der Waals surface area contributed by atoms with Crippen LogP contribution in [0, 0.1) is 18.3 Å². The molecule has 2 rings (SSSR count). The topological polar surface area (TPSA) is 47.9 Å². The van der Waals surface area contributed by atoms with Crippen LogP contribution in [-0.4, -0.2) is 19.1 Å². The molecule has 1 unspecified atom stereocenters. The van der Waals surface area contributed by atoms with E-state index in [9.17, 15) is 0 Å². The summed E-state index contributed by atoms with van der Waals surface area (Å²) in [7, 11) is 0. The molecule has 0 radical (unpaired) electrons. The lowest BCUT2D eigenvalue weighted by molar-refractivity contribution is 0.633. The Morgan fingerprint density at radius 3 is 3.12 bits per heavy atom. The quantitative estimate of drug-likeness (QED) is 0.811. The molecule has 0 aliphatic carbocycles. The first-order valence-electron chi connectivity index (χ1n) is 5.77. The van der Waals surface area contributed by atoms with E-state index in [2.05, 4.69) is 23.6 Å². The standard InChI is InChI=1S/C13H17N3/c1-10-4-5-11(8-14)7-13(10)16-9-12-3-2-6-15-12/h4-5,7,12,15-16H,2-3,6,9H2,1H3. The van der Waals surface area contributed by atoms with Gasteiger partial charge in [-0.15, -0.1) is 0 Å². The lowest BCUT2D eigenvalue weighted by Gasteiger charge is -2.14. The van der Waals surface area contributed by atoms with E-state index in [-0.39, 0.29) is 0 Å². The fourth-order valence-corrected chi connectivity index (χ4v) is 2.05. The second-order valence-electron chi connectivity index (χ2n) is 4.32. The zero-order valence-electron chi connectivity index (χ0n) is 9.59. The molecule has 0 bridgehead atoms. The van der Waals surface area contributed by atoms with Crippen LogP contribution in [0.4, 0.5) is 5.69 Å². The van der Waals surface area contributed by atoms with E-state index in [1.165, 1.54) is 18.4 Å². The Morgan fingerprint density at radius 1 is 1.56 bits per heavy atom. The maximum atomic E-state index is 8.84. The van der Waals surface area contributed by atoms with Crippen molar-refractivity contribution in [2.45, 2.75) is 25.8 Å². The van der Waals surface area contributed by atoms with Crippen LogP contribution < -0.4 is 10.6 Å². The van der Waals surface area contributed by atoms with Crippen molar-refractivity contribution in [3.63, 3.8) is 0 Å². The molecule has 0 amide bonds. The van der Waals surface area contributed by atoms with Gasteiger partial charge in [-0.25, -0.2) is 0 Å². The van der Waals surface area contributed by atoms with E-state index in [0.717, 1.165) is 18.8 Å². The molecule has 0 aromatic heterocycles. The van der Waals surface area contributed by atoms with E-state index >= 15 is 0 Å². The molecule has 1 heterocycles. The molecule has 1 saturated heterocycles. The normalized spacial score (nSPS) is 19.4. The SMILES string of the molecule is Cc1ccc(C#N)cc1NCC1CCCN1. The maximum absolute atomic E-state index is 8.84. The first kappa shape index (κ1) is 11.0. The van der Waals surface area contributed by atoms with Crippen LogP contribution in [0.25, 0.3) is 0 Å². The van der Waals surface area contributed by atoms with Gasteiger partial charge < -0.3 is 10.6 Å². The van der Waals surface area contributed by atoms with Crippen LogP contribution in [0.3, 0.4) is 0 Å². The first-order valence-corrected chi connectivity index (χ1v) is 5.77. The van der Waals surface area contributed by atoms with Crippen LogP contribution >= 0.6 is 0 Å². The van der Waals surface area contributed by atoms with Crippen LogP contribution in [0.2, 0.25) is 0 Å². The van der Waals surface area contributed by atoms with Gasteiger partial charge in [-0.2, -0.15) is 5.26 Å². The van der Waals surface area contributed by atoms with Crippen molar-refractivity contribution in [1.82, 2.24) is 5.32 Å². The van der Waals surface area contributed by atoms with Gasteiger partial charge in [0.15, 0.2) is 0 Å². The summed E-state index contributed by atoms with van der Waals surface area (Å²) in [5, 5.41) is 15.7. The summed E-state index contributed by atoms with van der Waals surface area (Å²) in [4.78, 5) is 0. The Kier molecular flexibility index (Phi) is 3.43. The molecule has 16 heavy (non-hydrogen) atoms. The Bertz CT molecular complexity index is 400. The van der Waals surface area contributed by atoms with Crippen LogP contribution in [0.15, 0.2) is 18.2 Å². The third kappa shape index (κ3) is 2.53. The Labute approximate surface area is 96.5 Å². The number of aryl methyl sites for hydroxylation is 1. The minimum atomic E-state index is 0.574. The van der Waals surface area contributed by atoms with Gasteiger partial charge in [-0.3, -0.25) is 0 Å². The molecule has 2 N–H and O–H groups in total. The monoisotopic (exact) mass is 215 g/mol. The molecule has 0 saturated carbocycles. The number of hydrogen-bond donors (Lipinski definition) is 2. The molecule has 3 nitrogen and oxygen atoms in total. The molecule has 1 aliphatic rings. The highest BCUT2D eigenvalue weighted by atomic mass is 15.0. The summed E-state index contributed by atoms with van der Waals surface area (Å²) in [6.07, 6.45) is 2.51. The molecule has 1 aromatic carbocycles. The van der Waals surface area contributed by atoms with Gasteiger partial charge in [0.1, 0.15) is 0 Å². The molecule has 1 aromatic rings. The second kappa shape index (κ2) is 5.00. The lowest BCUT2D eigenvalue weighted by atomic mass is 10.1. The molecule has 1 aliphatic heterocycles. The van der Waals surface area contributed by atoms with Crippen molar-refractivity contribution in [3.05, 3.63) is 29.3 Å². The molecular formula is C13H17N3. The number of nitrogens with one attached hydrogen (secondary N) is 2. The van der Waals surface area contributed by atoms with Crippen molar-refractivity contribution >= 4 is 5.69 Å². The second-order valence-corrected chi connectivity index (χ2v) is 4.32. The fraction of sp³-hybridized carbons (Fsp3) is 0.462. The summed E-state index contributed by atoms with van der Waals surface area (Å²) < 4.78 is 0. The third-order valence-electron chi connectivity index (χ3n) is 3.07.